The molecule has 2 atom stereocenters. The zero-order valence-corrected chi connectivity index (χ0v) is 11.4. The van der Waals surface area contributed by atoms with Gasteiger partial charge in [0.05, 0.1) is 6.10 Å². The average molecular weight is 236 g/mol. The molecule has 0 saturated heterocycles. The Bertz CT molecular complexity index is 311. The Labute approximate surface area is 105 Å². The van der Waals surface area contributed by atoms with Gasteiger partial charge in [0, 0.05) is 31.5 Å². The Morgan fingerprint density at radius 3 is 2.59 bits per heavy atom. The van der Waals surface area contributed by atoms with E-state index < -0.39 is 0 Å². The van der Waals surface area contributed by atoms with Gasteiger partial charge in [-0.2, -0.15) is 0 Å². The number of aromatic nitrogens is 1. The number of hydrogen-bond donors (Lipinski definition) is 1. The summed E-state index contributed by atoms with van der Waals surface area (Å²) in [4.78, 5) is 4.49. The van der Waals surface area contributed by atoms with E-state index in [1.54, 1.807) is 7.11 Å². The van der Waals surface area contributed by atoms with E-state index in [9.17, 15) is 0 Å². The molecular weight excluding hydrogens is 212 g/mol. The van der Waals surface area contributed by atoms with E-state index in [0.717, 1.165) is 25.1 Å². The SMILES string of the molecule is CCNC(Cc1ccc(CC)cn1)C(C)OC. The van der Waals surface area contributed by atoms with Gasteiger partial charge in [-0.1, -0.05) is 19.9 Å². The van der Waals surface area contributed by atoms with Crippen molar-refractivity contribution in [1.29, 1.82) is 0 Å². The number of aryl methyl sites for hydroxylation is 1. The first-order valence-corrected chi connectivity index (χ1v) is 6.41. The smallest absolute Gasteiger partial charge is 0.0699 e. The Morgan fingerprint density at radius 1 is 1.35 bits per heavy atom. The number of rotatable bonds is 7. The zero-order chi connectivity index (χ0) is 12.7. The fourth-order valence-electron chi connectivity index (χ4n) is 1.84. The molecule has 0 fully saturated rings. The minimum Gasteiger partial charge on any atom is -0.380 e. The van der Waals surface area contributed by atoms with Crippen molar-refractivity contribution < 1.29 is 4.74 Å². The number of ether oxygens (including phenoxy) is 1. The lowest BCUT2D eigenvalue weighted by Gasteiger charge is -2.23. The van der Waals surface area contributed by atoms with Crippen LogP contribution in [0.5, 0.6) is 0 Å². The van der Waals surface area contributed by atoms with Crippen LogP contribution in [0.15, 0.2) is 18.3 Å². The molecule has 1 rings (SSSR count). The fourth-order valence-corrected chi connectivity index (χ4v) is 1.84. The molecule has 0 spiro atoms. The normalized spacial score (nSPS) is 14.6. The number of nitrogens with one attached hydrogen (secondary N) is 1. The Hall–Kier alpha value is -0.930. The second kappa shape index (κ2) is 7.41. The quantitative estimate of drug-likeness (QED) is 0.788. The van der Waals surface area contributed by atoms with Crippen LogP contribution in [-0.4, -0.2) is 30.8 Å². The third-order valence-corrected chi connectivity index (χ3v) is 3.13. The Morgan fingerprint density at radius 2 is 2.12 bits per heavy atom. The number of hydrogen-bond acceptors (Lipinski definition) is 3. The van der Waals surface area contributed by atoms with Gasteiger partial charge in [-0.3, -0.25) is 4.98 Å². The molecule has 0 radical (unpaired) electrons. The van der Waals surface area contributed by atoms with E-state index in [0.29, 0.717) is 6.04 Å². The minimum absolute atomic E-state index is 0.197. The topological polar surface area (TPSA) is 34.2 Å². The van der Waals surface area contributed by atoms with Crippen molar-refractivity contribution in [3.8, 4) is 0 Å². The fraction of sp³-hybridized carbons (Fsp3) is 0.643. The summed E-state index contributed by atoms with van der Waals surface area (Å²) in [7, 11) is 1.75. The lowest BCUT2D eigenvalue weighted by atomic mass is 10.1. The predicted molar refractivity (Wildman–Crippen MR) is 71.3 cm³/mol. The van der Waals surface area contributed by atoms with Crippen molar-refractivity contribution >= 4 is 0 Å². The number of likely N-dealkylation sites (N-methyl/N-ethyl adjacent to an activating group) is 1. The third-order valence-electron chi connectivity index (χ3n) is 3.13. The van der Waals surface area contributed by atoms with Gasteiger partial charge in [-0.15, -0.1) is 0 Å². The molecule has 0 saturated carbocycles. The van der Waals surface area contributed by atoms with Crippen molar-refractivity contribution in [1.82, 2.24) is 10.3 Å². The standard InChI is InChI=1S/C14H24N2O/c1-5-12-7-8-13(16-10-12)9-14(15-6-2)11(3)17-4/h7-8,10-11,14-15H,5-6,9H2,1-4H3. The molecule has 0 amide bonds. The largest absolute Gasteiger partial charge is 0.380 e. The van der Waals surface area contributed by atoms with E-state index in [1.807, 2.05) is 6.20 Å². The van der Waals surface area contributed by atoms with Gasteiger partial charge in [0.15, 0.2) is 0 Å². The summed E-state index contributed by atoms with van der Waals surface area (Å²) in [6, 6.07) is 4.60. The molecule has 0 aliphatic carbocycles. The van der Waals surface area contributed by atoms with Gasteiger partial charge in [-0.25, -0.2) is 0 Å². The maximum atomic E-state index is 5.39. The molecular formula is C14H24N2O. The summed E-state index contributed by atoms with van der Waals surface area (Å²) in [6.45, 7) is 7.30. The van der Waals surface area contributed by atoms with Gasteiger partial charge >= 0.3 is 0 Å². The highest BCUT2D eigenvalue weighted by Gasteiger charge is 2.16. The van der Waals surface area contributed by atoms with Crippen molar-refractivity contribution in [3.05, 3.63) is 29.6 Å². The molecule has 0 bridgehead atoms. The molecule has 1 N–H and O–H groups in total. The van der Waals surface area contributed by atoms with Gasteiger partial charge < -0.3 is 10.1 Å². The van der Waals surface area contributed by atoms with Crippen LogP contribution in [0.2, 0.25) is 0 Å². The second-order valence-corrected chi connectivity index (χ2v) is 4.32. The maximum absolute atomic E-state index is 5.39. The first-order valence-electron chi connectivity index (χ1n) is 6.41. The molecule has 0 aromatic carbocycles. The summed E-state index contributed by atoms with van der Waals surface area (Å²) >= 11 is 0. The highest BCUT2D eigenvalue weighted by molar-refractivity contribution is 5.14. The van der Waals surface area contributed by atoms with Crippen molar-refractivity contribution in [2.45, 2.75) is 45.8 Å². The molecule has 1 heterocycles. The third kappa shape index (κ3) is 4.44. The van der Waals surface area contributed by atoms with E-state index in [2.05, 4.69) is 43.2 Å². The van der Waals surface area contributed by atoms with Crippen molar-refractivity contribution in [2.24, 2.45) is 0 Å². The van der Waals surface area contributed by atoms with Crippen LogP contribution in [0.4, 0.5) is 0 Å². The van der Waals surface area contributed by atoms with Crippen LogP contribution in [0.1, 0.15) is 32.0 Å². The summed E-state index contributed by atoms with van der Waals surface area (Å²) in [5.41, 5.74) is 2.41. The monoisotopic (exact) mass is 236 g/mol. The van der Waals surface area contributed by atoms with Crippen LogP contribution < -0.4 is 5.32 Å². The number of nitrogens with zero attached hydrogens (tertiary/aromatic N) is 1. The average Bonchev–Trinajstić information content (AvgIpc) is 2.38. The van der Waals surface area contributed by atoms with Gasteiger partial charge in [0.25, 0.3) is 0 Å². The van der Waals surface area contributed by atoms with Crippen molar-refractivity contribution in [2.75, 3.05) is 13.7 Å². The lowest BCUT2D eigenvalue weighted by Crippen LogP contribution is -2.41. The summed E-state index contributed by atoms with van der Waals surface area (Å²) in [6.07, 6.45) is 4.11. The highest BCUT2D eigenvalue weighted by atomic mass is 16.5. The second-order valence-electron chi connectivity index (χ2n) is 4.32. The molecule has 0 aliphatic rings. The van der Waals surface area contributed by atoms with Crippen LogP contribution in [0, 0.1) is 0 Å². The maximum Gasteiger partial charge on any atom is 0.0699 e. The Balaban J connectivity index is 2.64. The van der Waals surface area contributed by atoms with Crippen LogP contribution >= 0.6 is 0 Å². The molecule has 1 aromatic heterocycles. The Kier molecular flexibility index (Phi) is 6.16. The van der Waals surface area contributed by atoms with Gasteiger partial charge in [0.2, 0.25) is 0 Å². The number of methoxy groups -OCH3 is 1. The van der Waals surface area contributed by atoms with E-state index in [1.165, 1.54) is 5.56 Å². The molecule has 0 aliphatic heterocycles. The summed E-state index contributed by atoms with van der Waals surface area (Å²) in [5, 5.41) is 3.45. The predicted octanol–water partition coefficient (Wildman–Crippen LogP) is 2.20. The van der Waals surface area contributed by atoms with Crippen LogP contribution in [0.3, 0.4) is 0 Å². The number of pyridine rings is 1. The first kappa shape index (κ1) is 14.1. The molecule has 3 heteroatoms. The highest BCUT2D eigenvalue weighted by Crippen LogP contribution is 2.07. The molecule has 96 valence electrons. The molecule has 3 nitrogen and oxygen atoms in total. The van der Waals surface area contributed by atoms with E-state index in [4.69, 9.17) is 4.74 Å². The summed E-state index contributed by atoms with van der Waals surface area (Å²) < 4.78 is 5.39. The van der Waals surface area contributed by atoms with Gasteiger partial charge in [-0.05, 0) is 31.5 Å². The van der Waals surface area contributed by atoms with E-state index in [-0.39, 0.29) is 6.10 Å². The zero-order valence-electron chi connectivity index (χ0n) is 11.4. The summed E-state index contributed by atoms with van der Waals surface area (Å²) in [5.74, 6) is 0. The van der Waals surface area contributed by atoms with Crippen molar-refractivity contribution in [3.63, 3.8) is 0 Å². The van der Waals surface area contributed by atoms with E-state index >= 15 is 0 Å². The molecule has 1 aromatic rings. The molecule has 2 unspecified atom stereocenters. The van der Waals surface area contributed by atoms with Gasteiger partial charge in [0.1, 0.15) is 0 Å². The minimum atomic E-state index is 0.197. The van der Waals surface area contributed by atoms with Crippen LogP contribution in [-0.2, 0) is 17.6 Å². The molecule has 17 heavy (non-hydrogen) atoms. The lowest BCUT2D eigenvalue weighted by molar-refractivity contribution is 0.0833. The van der Waals surface area contributed by atoms with Crippen LogP contribution in [0.25, 0.3) is 0 Å². The first-order chi connectivity index (χ1) is 8.21.